The fourth-order valence-electron chi connectivity index (χ4n) is 2.64. The van der Waals surface area contributed by atoms with Crippen molar-refractivity contribution in [2.45, 2.75) is 26.7 Å². The van der Waals surface area contributed by atoms with Crippen molar-refractivity contribution < 1.29 is 9.53 Å². The van der Waals surface area contributed by atoms with Crippen LogP contribution in [0, 0.1) is 5.92 Å². The summed E-state index contributed by atoms with van der Waals surface area (Å²) < 4.78 is 5.33. The number of nitrogens with one attached hydrogen (secondary N) is 2. The number of aromatic nitrogens is 1. The van der Waals surface area contributed by atoms with E-state index in [-0.39, 0.29) is 11.8 Å². The molecular weight excluding hydrogens is 292 g/mol. The van der Waals surface area contributed by atoms with Crippen molar-refractivity contribution >= 4 is 17.4 Å². The Morgan fingerprint density at radius 1 is 1.30 bits per heavy atom. The Morgan fingerprint density at radius 2 is 2.04 bits per heavy atom. The maximum atomic E-state index is 12.0. The highest BCUT2D eigenvalue weighted by Gasteiger charge is 2.14. The lowest BCUT2D eigenvalue weighted by Crippen LogP contribution is -2.39. The molecule has 0 radical (unpaired) electrons. The molecule has 23 heavy (non-hydrogen) atoms. The number of amides is 1. The van der Waals surface area contributed by atoms with Crippen molar-refractivity contribution in [3.63, 3.8) is 0 Å². The van der Waals surface area contributed by atoms with Crippen molar-refractivity contribution in [3.8, 4) is 0 Å². The van der Waals surface area contributed by atoms with Crippen LogP contribution in [0.1, 0.15) is 26.7 Å². The molecule has 128 valence electrons. The zero-order chi connectivity index (χ0) is 16.5. The number of morpholine rings is 1. The molecule has 1 saturated heterocycles. The molecule has 0 bridgehead atoms. The summed E-state index contributed by atoms with van der Waals surface area (Å²) in [6.45, 7) is 9.55. The predicted octanol–water partition coefficient (Wildman–Crippen LogP) is 2.20. The first-order valence-electron chi connectivity index (χ1n) is 8.53. The van der Waals surface area contributed by atoms with Gasteiger partial charge in [0.2, 0.25) is 5.91 Å². The van der Waals surface area contributed by atoms with E-state index >= 15 is 0 Å². The largest absolute Gasteiger partial charge is 0.379 e. The number of anilines is 2. The molecule has 0 aliphatic carbocycles. The number of rotatable bonds is 8. The van der Waals surface area contributed by atoms with Crippen molar-refractivity contribution in [2.75, 3.05) is 50.0 Å². The van der Waals surface area contributed by atoms with Crippen LogP contribution in [0.25, 0.3) is 0 Å². The van der Waals surface area contributed by atoms with Crippen molar-refractivity contribution in [1.29, 1.82) is 0 Å². The fraction of sp³-hybridized carbons (Fsp3) is 0.647. The first-order valence-corrected chi connectivity index (χ1v) is 8.53. The molecule has 2 N–H and O–H groups in total. The second kappa shape index (κ2) is 9.47. The van der Waals surface area contributed by atoms with Crippen LogP contribution < -0.4 is 10.6 Å². The Kier molecular flexibility index (Phi) is 7.29. The minimum atomic E-state index is 0.0707. The smallest absolute Gasteiger partial charge is 0.227 e. The number of pyridine rings is 1. The number of carbonyl (C=O) groups excluding carboxylic acids is 1. The van der Waals surface area contributed by atoms with Gasteiger partial charge >= 0.3 is 0 Å². The van der Waals surface area contributed by atoms with Gasteiger partial charge < -0.3 is 15.4 Å². The number of hydrogen-bond donors (Lipinski definition) is 2. The quantitative estimate of drug-likeness (QED) is 0.769. The highest BCUT2D eigenvalue weighted by Crippen LogP contribution is 2.14. The van der Waals surface area contributed by atoms with Crippen molar-refractivity contribution in [1.82, 2.24) is 9.88 Å². The third-order valence-electron chi connectivity index (χ3n) is 4.23. The standard InChI is InChI=1S/C17H28N4O2/c1-3-14(4-2)17(22)20-15-5-6-16(19-13-15)18-7-8-21-9-11-23-12-10-21/h5-6,13-14H,3-4,7-12H2,1-2H3,(H,18,19)(H,20,22). The number of nitrogens with zero attached hydrogens (tertiary/aromatic N) is 2. The lowest BCUT2D eigenvalue weighted by atomic mass is 10.0. The number of carbonyl (C=O) groups is 1. The van der Waals surface area contributed by atoms with E-state index < -0.39 is 0 Å². The van der Waals surface area contributed by atoms with Gasteiger partial charge in [0.05, 0.1) is 25.1 Å². The van der Waals surface area contributed by atoms with E-state index in [1.807, 2.05) is 26.0 Å². The summed E-state index contributed by atoms with van der Waals surface area (Å²) in [4.78, 5) is 18.8. The Labute approximate surface area is 138 Å². The molecule has 6 heteroatoms. The highest BCUT2D eigenvalue weighted by molar-refractivity contribution is 5.92. The summed E-state index contributed by atoms with van der Waals surface area (Å²) in [5, 5.41) is 6.24. The van der Waals surface area contributed by atoms with Gasteiger partial charge in [-0.3, -0.25) is 9.69 Å². The molecule has 6 nitrogen and oxygen atoms in total. The zero-order valence-corrected chi connectivity index (χ0v) is 14.2. The van der Waals surface area contributed by atoms with Gasteiger partial charge in [-0.25, -0.2) is 4.98 Å². The van der Waals surface area contributed by atoms with Gasteiger partial charge in [-0.1, -0.05) is 13.8 Å². The first-order chi connectivity index (χ1) is 11.2. The van der Waals surface area contributed by atoms with Gasteiger partial charge in [0, 0.05) is 32.1 Å². The van der Waals surface area contributed by atoms with Crippen LogP contribution in [0.4, 0.5) is 11.5 Å². The molecular formula is C17H28N4O2. The van der Waals surface area contributed by atoms with Gasteiger partial charge in [0.1, 0.15) is 5.82 Å². The minimum absolute atomic E-state index is 0.0707. The van der Waals surface area contributed by atoms with Crippen LogP contribution in [-0.4, -0.2) is 55.2 Å². The maximum Gasteiger partial charge on any atom is 0.227 e. The molecule has 1 aliphatic heterocycles. The third-order valence-corrected chi connectivity index (χ3v) is 4.23. The maximum absolute atomic E-state index is 12.0. The van der Waals surface area contributed by atoms with Gasteiger partial charge in [0.25, 0.3) is 0 Å². The average Bonchev–Trinajstić information content (AvgIpc) is 2.58. The summed E-state index contributed by atoms with van der Waals surface area (Å²) in [6.07, 6.45) is 3.42. The van der Waals surface area contributed by atoms with Crippen LogP contribution in [0.5, 0.6) is 0 Å². The second-order valence-electron chi connectivity index (χ2n) is 5.82. The van der Waals surface area contributed by atoms with Crippen LogP contribution in [0.3, 0.4) is 0 Å². The average molecular weight is 320 g/mol. The predicted molar refractivity (Wildman–Crippen MR) is 92.7 cm³/mol. The van der Waals surface area contributed by atoms with Crippen LogP contribution >= 0.6 is 0 Å². The van der Waals surface area contributed by atoms with Crippen molar-refractivity contribution in [3.05, 3.63) is 18.3 Å². The Balaban J connectivity index is 1.74. The first kappa shape index (κ1) is 17.7. The van der Waals surface area contributed by atoms with Crippen LogP contribution in [0.2, 0.25) is 0 Å². The van der Waals surface area contributed by atoms with Crippen LogP contribution in [-0.2, 0) is 9.53 Å². The number of hydrogen-bond acceptors (Lipinski definition) is 5. The topological polar surface area (TPSA) is 66.5 Å². The molecule has 1 aromatic heterocycles. The summed E-state index contributed by atoms with van der Waals surface area (Å²) in [5.74, 6) is 0.977. The SMILES string of the molecule is CCC(CC)C(=O)Nc1ccc(NCCN2CCOCC2)nc1. The van der Waals surface area contributed by atoms with E-state index in [0.29, 0.717) is 0 Å². The summed E-state index contributed by atoms with van der Waals surface area (Å²) in [7, 11) is 0. The monoisotopic (exact) mass is 320 g/mol. The number of ether oxygens (including phenoxy) is 1. The lowest BCUT2D eigenvalue weighted by Gasteiger charge is -2.26. The molecule has 2 heterocycles. The zero-order valence-electron chi connectivity index (χ0n) is 14.2. The Hall–Kier alpha value is -1.66. The lowest BCUT2D eigenvalue weighted by molar-refractivity contribution is -0.120. The molecule has 0 unspecified atom stereocenters. The molecule has 0 spiro atoms. The molecule has 1 aromatic rings. The Morgan fingerprint density at radius 3 is 2.65 bits per heavy atom. The van der Waals surface area contributed by atoms with Gasteiger partial charge in [-0.05, 0) is 25.0 Å². The highest BCUT2D eigenvalue weighted by atomic mass is 16.5. The molecule has 0 saturated carbocycles. The normalized spacial score (nSPS) is 15.6. The second-order valence-corrected chi connectivity index (χ2v) is 5.82. The van der Waals surface area contributed by atoms with Gasteiger partial charge in [-0.15, -0.1) is 0 Å². The minimum Gasteiger partial charge on any atom is -0.379 e. The molecule has 0 aromatic carbocycles. The van der Waals surface area contributed by atoms with E-state index in [1.165, 1.54) is 0 Å². The Bertz CT molecular complexity index is 468. The molecule has 2 rings (SSSR count). The van der Waals surface area contributed by atoms with E-state index in [0.717, 1.165) is 63.7 Å². The van der Waals surface area contributed by atoms with E-state index in [2.05, 4.69) is 20.5 Å². The molecule has 1 amide bonds. The fourth-order valence-corrected chi connectivity index (χ4v) is 2.64. The van der Waals surface area contributed by atoms with Gasteiger partial charge in [-0.2, -0.15) is 0 Å². The van der Waals surface area contributed by atoms with E-state index in [9.17, 15) is 4.79 Å². The molecule has 0 atom stereocenters. The summed E-state index contributed by atoms with van der Waals surface area (Å²) >= 11 is 0. The van der Waals surface area contributed by atoms with Gasteiger partial charge in [0.15, 0.2) is 0 Å². The van der Waals surface area contributed by atoms with E-state index in [1.54, 1.807) is 6.20 Å². The molecule has 1 aliphatic rings. The van der Waals surface area contributed by atoms with Crippen molar-refractivity contribution in [2.24, 2.45) is 5.92 Å². The molecule has 1 fully saturated rings. The summed E-state index contributed by atoms with van der Waals surface area (Å²) in [5.41, 5.74) is 0.751. The van der Waals surface area contributed by atoms with E-state index in [4.69, 9.17) is 4.74 Å². The third kappa shape index (κ3) is 5.80. The van der Waals surface area contributed by atoms with Crippen LogP contribution in [0.15, 0.2) is 18.3 Å². The summed E-state index contributed by atoms with van der Waals surface area (Å²) in [6, 6.07) is 3.80.